The molecule has 2 saturated heterocycles. The number of rotatable bonds is 6. The van der Waals surface area contributed by atoms with Gasteiger partial charge in [0.1, 0.15) is 23.8 Å². The lowest BCUT2D eigenvalue weighted by Gasteiger charge is -2.40. The summed E-state index contributed by atoms with van der Waals surface area (Å²) in [5.41, 5.74) is 2.67. The van der Waals surface area contributed by atoms with Gasteiger partial charge in [-0.05, 0) is 26.0 Å². The van der Waals surface area contributed by atoms with E-state index in [0.29, 0.717) is 25.7 Å². The van der Waals surface area contributed by atoms with E-state index in [9.17, 15) is 5.11 Å². The van der Waals surface area contributed by atoms with Crippen molar-refractivity contribution < 1.29 is 19.3 Å². The molecule has 2 unspecified atom stereocenters. The predicted molar refractivity (Wildman–Crippen MR) is 123 cm³/mol. The molecule has 5 heterocycles. The van der Waals surface area contributed by atoms with Gasteiger partial charge in [-0.15, -0.1) is 0 Å². The minimum atomic E-state index is -0.655. The van der Waals surface area contributed by atoms with Crippen molar-refractivity contribution in [3.05, 3.63) is 30.6 Å². The second-order valence-electron chi connectivity index (χ2n) is 8.63. The lowest BCUT2D eigenvalue weighted by molar-refractivity contribution is -0.172. The van der Waals surface area contributed by atoms with E-state index in [-0.39, 0.29) is 12.2 Å². The first-order valence-electron chi connectivity index (χ1n) is 11.4. The number of hydrogen-bond acceptors (Lipinski definition) is 9. The van der Waals surface area contributed by atoms with E-state index in [2.05, 4.69) is 31.1 Å². The quantitative estimate of drug-likeness (QED) is 0.575. The summed E-state index contributed by atoms with van der Waals surface area (Å²) in [6.07, 6.45) is 2.66. The van der Waals surface area contributed by atoms with Gasteiger partial charge in [-0.2, -0.15) is 5.10 Å². The van der Waals surface area contributed by atoms with Crippen LogP contribution in [0.1, 0.15) is 13.8 Å². The molecule has 0 bridgehead atoms. The van der Waals surface area contributed by atoms with Crippen molar-refractivity contribution in [1.82, 2.24) is 25.1 Å². The minimum absolute atomic E-state index is 0.0483. The number of hydrogen-bond donors (Lipinski definition) is 2. The van der Waals surface area contributed by atoms with Crippen LogP contribution >= 0.6 is 0 Å². The molecule has 0 aromatic carbocycles. The number of aliphatic hydroxyl groups excluding tert-OH is 1. The Morgan fingerprint density at radius 3 is 2.76 bits per heavy atom. The van der Waals surface area contributed by atoms with Crippen LogP contribution in [0.5, 0.6) is 5.88 Å². The highest BCUT2D eigenvalue weighted by molar-refractivity contribution is 5.93. The van der Waals surface area contributed by atoms with Crippen molar-refractivity contribution >= 4 is 16.7 Å². The number of ether oxygens (including phenoxy) is 3. The Kier molecular flexibility index (Phi) is 6.41. The van der Waals surface area contributed by atoms with Crippen LogP contribution in [0, 0.1) is 0 Å². The average molecular weight is 455 g/mol. The number of piperazine rings is 1. The maximum absolute atomic E-state index is 10.7. The van der Waals surface area contributed by atoms with Crippen molar-refractivity contribution in [2.75, 3.05) is 50.9 Å². The number of pyridine rings is 2. The zero-order valence-electron chi connectivity index (χ0n) is 19.0. The van der Waals surface area contributed by atoms with Gasteiger partial charge in [0.05, 0.1) is 37.6 Å². The van der Waals surface area contributed by atoms with Gasteiger partial charge in [0.15, 0.2) is 0 Å². The molecule has 2 aliphatic heterocycles. The lowest BCUT2D eigenvalue weighted by atomic mass is 10.1. The number of nitrogens with zero attached hydrogens (tertiary/aromatic N) is 5. The SMILES string of the molecule is CC(C)Oc1cc2c(-c3ccnc(N4CCN(C(O)C5COCCO5)CC4)c3)n[nH]c2cn1. The van der Waals surface area contributed by atoms with Gasteiger partial charge in [-0.1, -0.05) is 0 Å². The van der Waals surface area contributed by atoms with Gasteiger partial charge in [-0.25, -0.2) is 9.97 Å². The van der Waals surface area contributed by atoms with Crippen LogP contribution in [0.2, 0.25) is 0 Å². The first-order chi connectivity index (χ1) is 16.1. The molecule has 5 rings (SSSR count). The van der Waals surface area contributed by atoms with Crippen LogP contribution in [0.25, 0.3) is 22.2 Å². The second-order valence-corrected chi connectivity index (χ2v) is 8.63. The van der Waals surface area contributed by atoms with Crippen molar-refractivity contribution in [2.45, 2.75) is 32.3 Å². The Morgan fingerprint density at radius 1 is 1.15 bits per heavy atom. The Hall–Kier alpha value is -2.79. The van der Waals surface area contributed by atoms with Crippen LogP contribution in [0.3, 0.4) is 0 Å². The molecule has 3 aromatic rings. The number of aliphatic hydroxyl groups is 1. The molecule has 3 aromatic heterocycles. The third-order valence-corrected chi connectivity index (χ3v) is 5.98. The van der Waals surface area contributed by atoms with E-state index in [1.165, 1.54) is 0 Å². The van der Waals surface area contributed by atoms with Crippen LogP contribution in [0.15, 0.2) is 30.6 Å². The normalized spacial score (nSPS) is 21.0. The molecule has 33 heavy (non-hydrogen) atoms. The maximum atomic E-state index is 10.7. The molecule has 0 spiro atoms. The molecule has 0 aliphatic carbocycles. The fourth-order valence-electron chi connectivity index (χ4n) is 4.29. The summed E-state index contributed by atoms with van der Waals surface area (Å²) in [6, 6.07) is 5.94. The minimum Gasteiger partial charge on any atom is -0.475 e. The highest BCUT2D eigenvalue weighted by atomic mass is 16.6. The van der Waals surface area contributed by atoms with E-state index in [1.54, 1.807) is 6.20 Å². The Balaban J connectivity index is 1.30. The maximum Gasteiger partial charge on any atom is 0.214 e. The fourth-order valence-corrected chi connectivity index (χ4v) is 4.29. The van der Waals surface area contributed by atoms with E-state index in [1.807, 2.05) is 37.1 Å². The predicted octanol–water partition coefficient (Wildman–Crippen LogP) is 1.66. The number of fused-ring (bicyclic) bond motifs is 1. The molecular formula is C23H30N6O4. The Bertz CT molecular complexity index is 1080. The monoisotopic (exact) mass is 454 g/mol. The lowest BCUT2D eigenvalue weighted by Crippen LogP contribution is -2.56. The number of aromatic nitrogens is 4. The molecule has 2 N–H and O–H groups in total. The number of aromatic amines is 1. The molecule has 0 amide bonds. The second kappa shape index (κ2) is 9.60. The molecule has 0 radical (unpaired) electrons. The summed E-state index contributed by atoms with van der Waals surface area (Å²) in [6.45, 7) is 8.48. The fraction of sp³-hybridized carbons (Fsp3) is 0.522. The van der Waals surface area contributed by atoms with Gasteiger partial charge >= 0.3 is 0 Å². The average Bonchev–Trinajstić information content (AvgIpc) is 3.27. The molecule has 10 nitrogen and oxygen atoms in total. The zero-order chi connectivity index (χ0) is 22.8. The van der Waals surface area contributed by atoms with E-state index < -0.39 is 6.23 Å². The largest absolute Gasteiger partial charge is 0.475 e. The highest BCUT2D eigenvalue weighted by Crippen LogP contribution is 2.30. The number of anilines is 1. The summed E-state index contributed by atoms with van der Waals surface area (Å²) in [5, 5.41) is 19.2. The Morgan fingerprint density at radius 2 is 2.00 bits per heavy atom. The molecule has 176 valence electrons. The first kappa shape index (κ1) is 22.0. The zero-order valence-corrected chi connectivity index (χ0v) is 19.0. The van der Waals surface area contributed by atoms with E-state index in [4.69, 9.17) is 14.2 Å². The molecule has 2 aliphatic rings. The third kappa shape index (κ3) is 4.79. The third-order valence-electron chi connectivity index (χ3n) is 5.98. The van der Waals surface area contributed by atoms with Gasteiger partial charge in [0.2, 0.25) is 5.88 Å². The Labute approximate surface area is 192 Å². The van der Waals surface area contributed by atoms with Gasteiger partial charge in [-0.3, -0.25) is 10.00 Å². The summed E-state index contributed by atoms with van der Waals surface area (Å²) in [4.78, 5) is 13.2. The summed E-state index contributed by atoms with van der Waals surface area (Å²) in [5.74, 6) is 1.47. The van der Waals surface area contributed by atoms with E-state index >= 15 is 0 Å². The number of nitrogens with one attached hydrogen (secondary N) is 1. The number of H-pyrrole nitrogens is 1. The summed E-state index contributed by atoms with van der Waals surface area (Å²) in [7, 11) is 0. The van der Waals surface area contributed by atoms with Crippen molar-refractivity contribution in [3.8, 4) is 17.1 Å². The molecule has 2 atom stereocenters. The topological polar surface area (TPSA) is 109 Å². The molecular weight excluding hydrogens is 424 g/mol. The van der Waals surface area contributed by atoms with Crippen LogP contribution in [-0.4, -0.2) is 94.6 Å². The van der Waals surface area contributed by atoms with Gasteiger partial charge in [0, 0.05) is 49.4 Å². The molecule has 10 heteroatoms. The highest BCUT2D eigenvalue weighted by Gasteiger charge is 2.31. The van der Waals surface area contributed by atoms with Crippen molar-refractivity contribution in [3.63, 3.8) is 0 Å². The molecule has 2 fully saturated rings. The van der Waals surface area contributed by atoms with Crippen LogP contribution in [0.4, 0.5) is 5.82 Å². The van der Waals surface area contributed by atoms with E-state index in [0.717, 1.165) is 54.2 Å². The standard InChI is InChI=1S/C23H30N6O4/c1-15(2)33-21-12-17-18(13-25-21)26-27-22(17)16-3-4-24-20(11-16)28-5-7-29(8-6-28)23(30)19-14-31-9-10-32-19/h3-4,11-13,15,19,23,30H,5-10,14H2,1-2H3,(H,26,27). The first-order valence-corrected chi connectivity index (χ1v) is 11.4. The summed E-state index contributed by atoms with van der Waals surface area (Å²) >= 11 is 0. The molecule has 0 saturated carbocycles. The summed E-state index contributed by atoms with van der Waals surface area (Å²) < 4.78 is 16.9. The van der Waals surface area contributed by atoms with Gasteiger partial charge in [0.25, 0.3) is 0 Å². The smallest absolute Gasteiger partial charge is 0.214 e. The van der Waals surface area contributed by atoms with Crippen molar-refractivity contribution in [1.29, 1.82) is 0 Å². The van der Waals surface area contributed by atoms with Crippen LogP contribution in [-0.2, 0) is 9.47 Å². The van der Waals surface area contributed by atoms with Crippen LogP contribution < -0.4 is 9.64 Å². The van der Waals surface area contributed by atoms with Gasteiger partial charge < -0.3 is 24.2 Å². The van der Waals surface area contributed by atoms with Crippen molar-refractivity contribution in [2.24, 2.45) is 0 Å².